The standard InChI is InChI=1S/C28H37O3P/c1-18-14-20(3)25(21(4)15-18)27(29)24(12-10-8-7-9-11-13-32-31)28(30)26-22(5)16-19(2)17-23(26)6/h14-17,24H,7-13H2,1-6H3. The predicted octanol–water partition coefficient (Wildman–Crippen LogP) is 7.85. The second-order valence-corrected chi connectivity index (χ2v) is 9.94. The van der Waals surface area contributed by atoms with Crippen LogP contribution in [0.1, 0.15) is 92.6 Å². The Morgan fingerprint density at radius 1 is 0.656 bits per heavy atom. The summed E-state index contributed by atoms with van der Waals surface area (Å²) in [5.74, 6) is -0.751. The van der Waals surface area contributed by atoms with Crippen molar-refractivity contribution in [2.45, 2.75) is 80.1 Å². The largest absolute Gasteiger partial charge is 0.293 e. The number of carbonyl (C=O) groups excluding carboxylic acids is 2. The molecule has 2 aromatic carbocycles. The Balaban J connectivity index is 2.32. The smallest absolute Gasteiger partial charge is 0.174 e. The third-order valence-corrected chi connectivity index (χ3v) is 6.72. The molecule has 0 amide bonds. The van der Waals surface area contributed by atoms with E-state index in [-0.39, 0.29) is 20.0 Å². The van der Waals surface area contributed by atoms with Crippen molar-refractivity contribution in [2.75, 3.05) is 6.16 Å². The second-order valence-electron chi connectivity index (χ2n) is 9.24. The second kappa shape index (κ2) is 12.2. The fourth-order valence-corrected chi connectivity index (χ4v) is 5.27. The molecule has 0 bridgehead atoms. The van der Waals surface area contributed by atoms with Crippen molar-refractivity contribution < 1.29 is 14.2 Å². The number of rotatable bonds is 12. The number of carbonyl (C=O) groups is 2. The summed E-state index contributed by atoms with van der Waals surface area (Å²) >= 11 is 0. The molecule has 0 fully saturated rings. The molecule has 0 aliphatic heterocycles. The van der Waals surface area contributed by atoms with E-state index >= 15 is 0 Å². The van der Waals surface area contributed by atoms with Crippen LogP contribution in [0, 0.1) is 47.5 Å². The van der Waals surface area contributed by atoms with Gasteiger partial charge < -0.3 is 0 Å². The van der Waals surface area contributed by atoms with Crippen LogP contribution in [0.5, 0.6) is 0 Å². The molecule has 0 aromatic heterocycles. The molecule has 0 heterocycles. The zero-order chi connectivity index (χ0) is 23.8. The Labute approximate surface area is 195 Å². The first-order valence-electron chi connectivity index (χ1n) is 11.7. The highest BCUT2D eigenvalue weighted by molar-refractivity contribution is 7.23. The number of hydrogen-bond acceptors (Lipinski definition) is 3. The van der Waals surface area contributed by atoms with Crippen molar-refractivity contribution in [2.24, 2.45) is 5.92 Å². The summed E-state index contributed by atoms with van der Waals surface area (Å²) < 4.78 is 10.6. The van der Waals surface area contributed by atoms with E-state index in [2.05, 4.69) is 0 Å². The first kappa shape index (κ1) is 26.1. The summed E-state index contributed by atoms with van der Waals surface area (Å²) in [5.41, 5.74) is 7.43. The van der Waals surface area contributed by atoms with Crippen LogP contribution in [-0.4, -0.2) is 17.7 Å². The van der Waals surface area contributed by atoms with E-state index in [4.69, 9.17) is 0 Å². The van der Waals surface area contributed by atoms with E-state index in [0.29, 0.717) is 23.7 Å². The fourth-order valence-electron chi connectivity index (χ4n) is 4.92. The Morgan fingerprint density at radius 3 is 1.44 bits per heavy atom. The van der Waals surface area contributed by atoms with Gasteiger partial charge >= 0.3 is 0 Å². The predicted molar refractivity (Wildman–Crippen MR) is 134 cm³/mol. The number of benzene rings is 2. The number of hydrogen-bond donors (Lipinski definition) is 0. The van der Waals surface area contributed by atoms with Gasteiger partial charge in [0.15, 0.2) is 20.0 Å². The molecular formula is C28H37O3P. The SMILES string of the molecule is Cc1cc(C)c(C(=O)C(CCCCCCCP=O)C(=O)c2c(C)cc(C)cc2C)c(C)c1. The van der Waals surface area contributed by atoms with Crippen molar-refractivity contribution in [3.05, 3.63) is 68.8 Å². The van der Waals surface area contributed by atoms with Gasteiger partial charge in [0.2, 0.25) is 0 Å². The van der Waals surface area contributed by atoms with Gasteiger partial charge in [-0.1, -0.05) is 61.1 Å². The Morgan fingerprint density at radius 2 is 1.03 bits per heavy atom. The summed E-state index contributed by atoms with van der Waals surface area (Å²) in [4.78, 5) is 27.5. The highest BCUT2D eigenvalue weighted by Crippen LogP contribution is 2.28. The third kappa shape index (κ3) is 6.69. The molecule has 0 unspecified atom stereocenters. The summed E-state index contributed by atoms with van der Waals surface area (Å²) in [6.07, 6.45) is 6.12. The lowest BCUT2D eigenvalue weighted by molar-refractivity contribution is 0.0795. The average Bonchev–Trinajstić information content (AvgIpc) is 2.68. The monoisotopic (exact) mass is 452 g/mol. The summed E-state index contributed by atoms with van der Waals surface area (Å²) in [5, 5.41) is 0. The Kier molecular flexibility index (Phi) is 9.97. The maximum Gasteiger partial charge on any atom is 0.174 e. The molecule has 0 N–H and O–H groups in total. The maximum atomic E-state index is 13.8. The molecule has 0 aliphatic carbocycles. The van der Waals surface area contributed by atoms with Gasteiger partial charge in [-0.2, -0.15) is 0 Å². The molecule has 0 spiro atoms. The summed E-state index contributed by atoms with van der Waals surface area (Å²) in [6.45, 7) is 11.9. The van der Waals surface area contributed by atoms with E-state index < -0.39 is 5.92 Å². The van der Waals surface area contributed by atoms with Crippen LogP contribution in [-0.2, 0) is 4.57 Å². The van der Waals surface area contributed by atoms with Crippen molar-refractivity contribution >= 4 is 20.0 Å². The molecular weight excluding hydrogens is 415 g/mol. The van der Waals surface area contributed by atoms with E-state index in [1.165, 1.54) is 0 Å². The lowest BCUT2D eigenvalue weighted by atomic mass is 9.81. The zero-order valence-electron chi connectivity index (χ0n) is 20.5. The quantitative estimate of drug-likeness (QED) is 0.143. The van der Waals surface area contributed by atoms with E-state index in [1.54, 1.807) is 0 Å². The minimum absolute atomic E-state index is 0.0467. The summed E-state index contributed by atoms with van der Waals surface area (Å²) in [6, 6.07) is 8.11. The molecule has 32 heavy (non-hydrogen) atoms. The molecule has 4 heteroatoms. The highest BCUT2D eigenvalue weighted by atomic mass is 31.1. The van der Waals surface area contributed by atoms with E-state index in [0.717, 1.165) is 65.5 Å². The van der Waals surface area contributed by atoms with Gasteiger partial charge in [-0.25, -0.2) is 0 Å². The molecule has 0 saturated carbocycles. The van der Waals surface area contributed by atoms with Gasteiger partial charge in [-0.05, 0) is 76.6 Å². The van der Waals surface area contributed by atoms with Gasteiger partial charge in [0.05, 0.1) is 5.92 Å². The van der Waals surface area contributed by atoms with Crippen molar-refractivity contribution in [1.29, 1.82) is 0 Å². The van der Waals surface area contributed by atoms with Crippen LogP contribution in [0.4, 0.5) is 0 Å². The van der Waals surface area contributed by atoms with E-state index in [1.807, 2.05) is 65.8 Å². The molecule has 172 valence electrons. The van der Waals surface area contributed by atoms with Crippen LogP contribution in [0.25, 0.3) is 0 Å². The number of Topliss-reactive ketones (excluding diaryl/α,β-unsaturated/α-hetero) is 2. The highest BCUT2D eigenvalue weighted by Gasteiger charge is 2.31. The van der Waals surface area contributed by atoms with Crippen molar-refractivity contribution in [3.8, 4) is 0 Å². The maximum absolute atomic E-state index is 13.8. The van der Waals surface area contributed by atoms with Gasteiger partial charge in [-0.3, -0.25) is 14.2 Å². The zero-order valence-corrected chi connectivity index (χ0v) is 21.4. The first-order valence-corrected chi connectivity index (χ1v) is 12.7. The van der Waals surface area contributed by atoms with Crippen molar-refractivity contribution in [3.63, 3.8) is 0 Å². The van der Waals surface area contributed by atoms with Crippen molar-refractivity contribution in [1.82, 2.24) is 0 Å². The molecule has 0 radical (unpaired) electrons. The molecule has 2 rings (SSSR count). The first-order chi connectivity index (χ1) is 15.2. The topological polar surface area (TPSA) is 51.2 Å². The van der Waals surface area contributed by atoms with Gasteiger partial charge in [0, 0.05) is 17.3 Å². The third-order valence-electron chi connectivity index (χ3n) is 6.22. The van der Waals surface area contributed by atoms with Crippen LogP contribution in [0.2, 0.25) is 0 Å². The summed E-state index contributed by atoms with van der Waals surface area (Å²) in [7, 11) is 0.211. The molecule has 2 aromatic rings. The fraction of sp³-hybridized carbons (Fsp3) is 0.500. The van der Waals surface area contributed by atoms with E-state index in [9.17, 15) is 14.2 Å². The van der Waals surface area contributed by atoms with Crippen LogP contribution < -0.4 is 0 Å². The molecule has 3 nitrogen and oxygen atoms in total. The Bertz CT molecular complexity index is 875. The lowest BCUT2D eigenvalue weighted by Crippen LogP contribution is -2.27. The number of unbranched alkanes of at least 4 members (excludes halogenated alkanes) is 4. The average molecular weight is 453 g/mol. The molecule has 0 atom stereocenters. The number of ketones is 2. The van der Waals surface area contributed by atoms with Crippen LogP contribution in [0.3, 0.4) is 0 Å². The van der Waals surface area contributed by atoms with Crippen LogP contribution >= 0.6 is 8.46 Å². The lowest BCUT2D eigenvalue weighted by Gasteiger charge is -2.20. The van der Waals surface area contributed by atoms with Gasteiger partial charge in [-0.15, -0.1) is 0 Å². The Hall–Kier alpha value is -2.12. The molecule has 0 saturated heterocycles. The number of aryl methyl sites for hydroxylation is 6. The van der Waals surface area contributed by atoms with Gasteiger partial charge in [0.1, 0.15) is 0 Å². The van der Waals surface area contributed by atoms with Gasteiger partial charge in [0.25, 0.3) is 0 Å². The molecule has 0 aliphatic rings. The van der Waals surface area contributed by atoms with Crippen LogP contribution in [0.15, 0.2) is 24.3 Å². The minimum Gasteiger partial charge on any atom is -0.293 e. The normalized spacial score (nSPS) is 11.3. The minimum atomic E-state index is -0.657.